The third-order valence-electron chi connectivity index (χ3n) is 2.47. The second kappa shape index (κ2) is 9.21. The lowest BCUT2D eigenvalue weighted by molar-refractivity contribution is 0.220. The molecule has 0 bridgehead atoms. The highest BCUT2D eigenvalue weighted by atomic mass is 19.1. The van der Waals surface area contributed by atoms with Gasteiger partial charge >= 0.3 is 0 Å². The van der Waals surface area contributed by atoms with E-state index in [1.165, 1.54) is 5.56 Å². The Labute approximate surface area is 107 Å². The zero-order valence-electron chi connectivity index (χ0n) is 12.8. The lowest BCUT2D eigenvalue weighted by Gasteiger charge is -2.19. The van der Waals surface area contributed by atoms with Gasteiger partial charge < -0.3 is 0 Å². The molecule has 17 heavy (non-hydrogen) atoms. The van der Waals surface area contributed by atoms with Crippen LogP contribution in [0.5, 0.6) is 0 Å². The third-order valence-corrected chi connectivity index (χ3v) is 2.47. The maximum atomic E-state index is 13.7. The van der Waals surface area contributed by atoms with Crippen LogP contribution in [0.25, 0.3) is 0 Å². The summed E-state index contributed by atoms with van der Waals surface area (Å²) in [6, 6.07) is 5.86. The number of halogens is 1. The van der Waals surface area contributed by atoms with Crippen LogP contribution in [-0.4, -0.2) is 0 Å². The summed E-state index contributed by atoms with van der Waals surface area (Å²) in [7, 11) is 0. The first kappa shape index (κ1) is 18.5. The number of hydrogen-bond acceptors (Lipinski definition) is 0. The van der Waals surface area contributed by atoms with Gasteiger partial charge in [-0.1, -0.05) is 52.8 Å². The molecular formula is C16H29F. The quantitative estimate of drug-likeness (QED) is 0.611. The molecule has 0 atom stereocenters. The Hall–Kier alpha value is -0.850. The van der Waals surface area contributed by atoms with Gasteiger partial charge in [0, 0.05) is 0 Å². The van der Waals surface area contributed by atoms with Crippen molar-refractivity contribution in [2.24, 2.45) is 0 Å². The van der Waals surface area contributed by atoms with Crippen molar-refractivity contribution in [2.45, 2.75) is 67.5 Å². The first-order chi connectivity index (χ1) is 7.96. The van der Waals surface area contributed by atoms with Crippen molar-refractivity contribution in [1.82, 2.24) is 0 Å². The summed E-state index contributed by atoms with van der Waals surface area (Å²) in [5.41, 5.74) is 1.92. The van der Waals surface area contributed by atoms with Gasteiger partial charge in [-0.15, -0.1) is 0 Å². The molecule has 1 aromatic carbocycles. The Kier molecular flexibility index (Phi) is 10.0. The molecule has 0 spiro atoms. The SMILES string of the molecule is CC.CC.CCc1cccc(C(C)(C)F)c1C. The van der Waals surface area contributed by atoms with Crippen molar-refractivity contribution in [1.29, 1.82) is 0 Å². The van der Waals surface area contributed by atoms with Gasteiger partial charge in [0.2, 0.25) is 0 Å². The molecule has 0 aliphatic heterocycles. The first-order valence-electron chi connectivity index (χ1n) is 6.74. The smallest absolute Gasteiger partial charge is 0.130 e. The van der Waals surface area contributed by atoms with Crippen LogP contribution in [0.1, 0.15) is 65.2 Å². The fourth-order valence-corrected chi connectivity index (χ4v) is 1.71. The van der Waals surface area contributed by atoms with E-state index in [0.29, 0.717) is 0 Å². The summed E-state index contributed by atoms with van der Waals surface area (Å²) >= 11 is 0. The van der Waals surface area contributed by atoms with Gasteiger partial charge in [-0.3, -0.25) is 0 Å². The van der Waals surface area contributed by atoms with Gasteiger partial charge in [0.25, 0.3) is 0 Å². The molecule has 1 heteroatoms. The predicted molar refractivity (Wildman–Crippen MR) is 77.4 cm³/mol. The molecule has 0 unspecified atom stereocenters. The van der Waals surface area contributed by atoms with E-state index in [2.05, 4.69) is 13.0 Å². The molecule has 0 saturated heterocycles. The average Bonchev–Trinajstić information content (AvgIpc) is 2.33. The molecule has 0 heterocycles. The molecule has 0 aliphatic carbocycles. The third kappa shape index (κ3) is 5.86. The first-order valence-corrected chi connectivity index (χ1v) is 6.74. The fourth-order valence-electron chi connectivity index (χ4n) is 1.71. The van der Waals surface area contributed by atoms with Crippen molar-refractivity contribution in [3.63, 3.8) is 0 Å². The lowest BCUT2D eigenvalue weighted by atomic mass is 9.91. The Morgan fingerprint density at radius 2 is 1.53 bits per heavy atom. The van der Waals surface area contributed by atoms with Crippen molar-refractivity contribution < 1.29 is 4.39 Å². The van der Waals surface area contributed by atoms with E-state index in [0.717, 1.165) is 17.5 Å². The Bertz CT molecular complexity index is 295. The molecule has 0 aromatic heterocycles. The van der Waals surface area contributed by atoms with Crippen LogP contribution >= 0.6 is 0 Å². The van der Waals surface area contributed by atoms with Crippen LogP contribution in [-0.2, 0) is 12.1 Å². The van der Waals surface area contributed by atoms with Crippen LogP contribution in [0.3, 0.4) is 0 Å². The summed E-state index contributed by atoms with van der Waals surface area (Å²) in [5.74, 6) is 0. The molecule has 0 nitrogen and oxygen atoms in total. The van der Waals surface area contributed by atoms with E-state index in [1.807, 2.05) is 46.8 Å². The Morgan fingerprint density at radius 1 is 1.06 bits per heavy atom. The van der Waals surface area contributed by atoms with Crippen molar-refractivity contribution in [3.05, 3.63) is 34.9 Å². The summed E-state index contributed by atoms with van der Waals surface area (Å²) < 4.78 is 13.7. The normalized spacial score (nSPS) is 9.71. The van der Waals surface area contributed by atoms with E-state index in [-0.39, 0.29) is 0 Å². The van der Waals surface area contributed by atoms with Crippen molar-refractivity contribution in [2.75, 3.05) is 0 Å². The molecule has 1 rings (SSSR count). The maximum Gasteiger partial charge on any atom is 0.130 e. The second-order valence-electron chi connectivity index (χ2n) is 3.92. The Morgan fingerprint density at radius 3 is 1.88 bits per heavy atom. The molecule has 1 aromatic rings. The van der Waals surface area contributed by atoms with Crippen molar-refractivity contribution in [3.8, 4) is 0 Å². The summed E-state index contributed by atoms with van der Waals surface area (Å²) in [6.07, 6.45) is 0.968. The number of rotatable bonds is 2. The molecule has 0 aliphatic rings. The van der Waals surface area contributed by atoms with Gasteiger partial charge in [-0.05, 0) is 43.9 Å². The van der Waals surface area contributed by atoms with Gasteiger partial charge in [0.15, 0.2) is 0 Å². The number of alkyl halides is 1. The molecule has 0 N–H and O–H groups in total. The molecule has 0 radical (unpaired) electrons. The van der Waals surface area contributed by atoms with Crippen LogP contribution in [0.2, 0.25) is 0 Å². The van der Waals surface area contributed by atoms with Crippen molar-refractivity contribution >= 4 is 0 Å². The van der Waals surface area contributed by atoms with Gasteiger partial charge in [-0.2, -0.15) is 0 Å². The standard InChI is InChI=1S/C12H17F.2C2H6/c1-5-10-7-6-8-11(9(10)2)12(3,4)13;2*1-2/h6-8H,5H2,1-4H3;2*1-2H3. The van der Waals surface area contributed by atoms with Gasteiger partial charge in [0.1, 0.15) is 5.67 Å². The Balaban J connectivity index is 0. The average molecular weight is 240 g/mol. The van der Waals surface area contributed by atoms with Gasteiger partial charge in [-0.25, -0.2) is 4.39 Å². The van der Waals surface area contributed by atoms with Crippen LogP contribution in [0.4, 0.5) is 4.39 Å². The summed E-state index contributed by atoms with van der Waals surface area (Å²) in [5, 5.41) is 0. The van der Waals surface area contributed by atoms with E-state index in [4.69, 9.17) is 0 Å². The minimum atomic E-state index is -1.23. The number of benzene rings is 1. The van der Waals surface area contributed by atoms with E-state index in [1.54, 1.807) is 13.8 Å². The predicted octanol–water partition coefficient (Wildman–Crippen LogP) is 5.81. The molecule has 0 saturated carbocycles. The topological polar surface area (TPSA) is 0 Å². The van der Waals surface area contributed by atoms with Crippen LogP contribution < -0.4 is 0 Å². The van der Waals surface area contributed by atoms with Crippen LogP contribution in [0.15, 0.2) is 18.2 Å². The fraction of sp³-hybridized carbons (Fsp3) is 0.625. The summed E-state index contributed by atoms with van der Waals surface area (Å²) in [6.45, 7) is 15.3. The van der Waals surface area contributed by atoms with Crippen LogP contribution in [0, 0.1) is 6.92 Å². The van der Waals surface area contributed by atoms with Gasteiger partial charge in [0.05, 0.1) is 0 Å². The van der Waals surface area contributed by atoms with E-state index < -0.39 is 5.67 Å². The minimum Gasteiger partial charge on any atom is -0.239 e. The van der Waals surface area contributed by atoms with E-state index >= 15 is 0 Å². The summed E-state index contributed by atoms with van der Waals surface area (Å²) in [4.78, 5) is 0. The second-order valence-corrected chi connectivity index (χ2v) is 3.92. The molecular weight excluding hydrogens is 211 g/mol. The highest BCUT2D eigenvalue weighted by Crippen LogP contribution is 2.29. The minimum absolute atomic E-state index is 0.812. The monoisotopic (exact) mass is 240 g/mol. The number of aryl methyl sites for hydroxylation is 1. The zero-order chi connectivity index (χ0) is 14.1. The maximum absolute atomic E-state index is 13.7. The zero-order valence-corrected chi connectivity index (χ0v) is 12.8. The molecule has 100 valence electrons. The lowest BCUT2D eigenvalue weighted by Crippen LogP contribution is -2.12. The largest absolute Gasteiger partial charge is 0.239 e. The molecule has 0 fully saturated rings. The highest BCUT2D eigenvalue weighted by molar-refractivity contribution is 5.37. The van der Waals surface area contributed by atoms with E-state index in [9.17, 15) is 4.39 Å². The number of hydrogen-bond donors (Lipinski definition) is 0. The molecule has 0 amide bonds. The highest BCUT2D eigenvalue weighted by Gasteiger charge is 2.21.